The van der Waals surface area contributed by atoms with E-state index >= 15 is 0 Å². The lowest BCUT2D eigenvalue weighted by Gasteiger charge is -2.27. The second-order valence-electron chi connectivity index (χ2n) is 12.1. The van der Waals surface area contributed by atoms with E-state index in [0.717, 1.165) is 0 Å². The second kappa shape index (κ2) is 36.1. The molecule has 1 unspecified atom stereocenters. The quantitative estimate of drug-likeness (QED) is 0.0227. The normalized spacial score (nSPS) is 13.6. The first-order valence-corrected chi connectivity index (χ1v) is 18.5. The summed E-state index contributed by atoms with van der Waals surface area (Å²) in [6.45, 7) is 10.5. The Morgan fingerprint density at radius 3 is 1.50 bits per heavy atom. The van der Waals surface area contributed by atoms with Gasteiger partial charge in [-0.1, -0.05) is 13.8 Å². The predicted octanol–water partition coefficient (Wildman–Crippen LogP) is -3.18. The number of ether oxygens (including phenoxy) is 8. The molecule has 0 radical (unpaired) electrons. The smallest absolute Gasteiger partial charge is 0.243 e. The monoisotopic (exact) mass is 783 g/mol. The van der Waals surface area contributed by atoms with Crippen LogP contribution in [0.25, 0.3) is 0 Å². The summed E-state index contributed by atoms with van der Waals surface area (Å²) < 4.78 is 42.8. The summed E-state index contributed by atoms with van der Waals surface area (Å²) in [5.74, 6) is -2.02. The summed E-state index contributed by atoms with van der Waals surface area (Å²) in [6.07, 6.45) is -0.372. The molecule has 0 fully saturated rings. The number of rotatable bonds is 38. The third-order valence-electron chi connectivity index (χ3n) is 7.45. The number of aliphatic hydroxyl groups is 1. The summed E-state index contributed by atoms with van der Waals surface area (Å²) in [6, 6.07) is -2.61. The van der Waals surface area contributed by atoms with Crippen LogP contribution >= 0.6 is 0 Å². The van der Waals surface area contributed by atoms with Gasteiger partial charge in [0.15, 0.2) is 6.35 Å². The van der Waals surface area contributed by atoms with Gasteiger partial charge in [-0.2, -0.15) is 0 Å². The van der Waals surface area contributed by atoms with E-state index in [4.69, 9.17) is 48.7 Å². The molecule has 0 saturated carbocycles. The van der Waals surface area contributed by atoms with Crippen molar-refractivity contribution in [1.82, 2.24) is 31.9 Å². The lowest BCUT2D eigenvalue weighted by Crippen LogP contribution is -2.59. The molecular formula is C34H69N7O13. The Kier molecular flexibility index (Phi) is 34.3. The van der Waals surface area contributed by atoms with E-state index in [-0.39, 0.29) is 37.8 Å². The predicted molar refractivity (Wildman–Crippen MR) is 198 cm³/mol. The Bertz CT molecular complexity index is 954. The van der Waals surface area contributed by atoms with E-state index in [9.17, 15) is 19.2 Å². The van der Waals surface area contributed by atoms with Gasteiger partial charge in [0.1, 0.15) is 18.1 Å². The van der Waals surface area contributed by atoms with Crippen LogP contribution in [-0.2, 0) is 57.1 Å². The van der Waals surface area contributed by atoms with Crippen molar-refractivity contribution in [2.45, 2.75) is 57.6 Å². The van der Waals surface area contributed by atoms with Gasteiger partial charge in [0.2, 0.25) is 23.6 Å². The molecule has 0 heterocycles. The lowest BCUT2D eigenvalue weighted by atomic mass is 10.0. The van der Waals surface area contributed by atoms with Crippen molar-refractivity contribution in [3.8, 4) is 0 Å². The minimum absolute atomic E-state index is 0.0150. The molecule has 0 aromatic rings. The molecule has 0 spiro atoms. The summed E-state index contributed by atoms with van der Waals surface area (Å²) >= 11 is 0. The molecular weight excluding hydrogens is 714 g/mol. The van der Waals surface area contributed by atoms with Crippen LogP contribution in [0, 0.1) is 5.92 Å². The maximum Gasteiger partial charge on any atom is 0.243 e. The van der Waals surface area contributed by atoms with Crippen molar-refractivity contribution < 1.29 is 62.2 Å². The van der Waals surface area contributed by atoms with E-state index < -0.39 is 42.2 Å². The Morgan fingerprint density at radius 2 is 1.09 bits per heavy atom. The Labute approximate surface area is 320 Å². The fourth-order valence-electron chi connectivity index (χ4n) is 4.41. The summed E-state index contributed by atoms with van der Waals surface area (Å²) in [4.78, 5) is 50.9. The van der Waals surface area contributed by atoms with Gasteiger partial charge >= 0.3 is 0 Å². The first-order valence-electron chi connectivity index (χ1n) is 18.5. The highest BCUT2D eigenvalue weighted by atomic mass is 16.6. The zero-order valence-electron chi connectivity index (χ0n) is 33.0. The van der Waals surface area contributed by atoms with Crippen LogP contribution < -0.4 is 37.6 Å². The number of carbonyl (C=O) groups excluding carboxylic acids is 4. The molecule has 0 aromatic carbocycles. The van der Waals surface area contributed by atoms with E-state index in [0.29, 0.717) is 105 Å². The average Bonchev–Trinajstić information content (AvgIpc) is 3.14. The summed E-state index contributed by atoms with van der Waals surface area (Å²) in [5.41, 5.74) is 5.26. The zero-order chi connectivity index (χ0) is 40.2. The van der Waals surface area contributed by atoms with Crippen molar-refractivity contribution in [3.63, 3.8) is 0 Å². The van der Waals surface area contributed by atoms with Crippen LogP contribution in [0.15, 0.2) is 0 Å². The van der Waals surface area contributed by atoms with Crippen LogP contribution in [0.3, 0.4) is 0 Å². The lowest BCUT2D eigenvalue weighted by molar-refractivity contribution is -0.133. The van der Waals surface area contributed by atoms with Gasteiger partial charge in [0, 0.05) is 27.1 Å². The molecule has 4 atom stereocenters. The number of nitrogens with two attached hydrogens (primary N) is 1. The van der Waals surface area contributed by atoms with Gasteiger partial charge in [-0.15, -0.1) is 0 Å². The van der Waals surface area contributed by atoms with Crippen LogP contribution in [0.5, 0.6) is 0 Å². The van der Waals surface area contributed by atoms with Crippen molar-refractivity contribution in [2.75, 3.05) is 133 Å². The van der Waals surface area contributed by atoms with E-state index in [1.54, 1.807) is 28.0 Å². The fourth-order valence-corrected chi connectivity index (χ4v) is 4.41. The highest BCUT2D eigenvalue weighted by Crippen LogP contribution is 2.06. The number of likely N-dealkylation sites (N-methyl/N-ethyl adjacent to an activating group) is 2. The van der Waals surface area contributed by atoms with Crippen LogP contribution in [0.1, 0.15) is 33.1 Å². The third kappa shape index (κ3) is 29.7. The first kappa shape index (κ1) is 51.4. The number of methoxy groups -OCH3 is 1. The maximum absolute atomic E-state index is 13.1. The third-order valence-corrected chi connectivity index (χ3v) is 7.45. The fraction of sp³-hybridized carbons (Fsp3) is 0.882. The van der Waals surface area contributed by atoms with Crippen molar-refractivity contribution in [1.29, 1.82) is 0 Å². The molecule has 318 valence electrons. The number of amides is 4. The van der Waals surface area contributed by atoms with Crippen molar-refractivity contribution in [3.05, 3.63) is 0 Å². The summed E-state index contributed by atoms with van der Waals surface area (Å²) in [5, 5.41) is 25.3. The van der Waals surface area contributed by atoms with Crippen molar-refractivity contribution >= 4 is 23.6 Å². The molecule has 0 aromatic heterocycles. The Morgan fingerprint density at radius 1 is 0.630 bits per heavy atom. The Balaban J connectivity index is 4.03. The number of hydrogen-bond donors (Lipinski definition) is 8. The highest BCUT2D eigenvalue weighted by molar-refractivity contribution is 5.93. The zero-order valence-corrected chi connectivity index (χ0v) is 33.0. The molecule has 20 heteroatoms. The number of hydrogen-bond acceptors (Lipinski definition) is 16. The standard InChI is InChI=1S/C34H69N7O13/c1-26(2)30(33(45)40-27(31(43)37-4)7-6-9-38-34(35)46)41-32(44)28(36-3)25-39-29(42)8-10-48-13-14-50-17-18-52-21-22-54-24-23-53-20-19-51-16-15-49-12-11-47-5/h26-28,30,34,36,38,46H,6-25,35H2,1-5H3,(H,37,43)(H,39,42)(H,40,45)(H,41,44)/t27-,28-,30-,34?/m0/s1. The van der Waals surface area contributed by atoms with Crippen LogP contribution in [0.2, 0.25) is 0 Å². The topological polar surface area (TPSA) is 261 Å². The molecule has 0 rings (SSSR count). The number of nitrogens with one attached hydrogen (secondary N) is 6. The van der Waals surface area contributed by atoms with Gasteiger partial charge in [-0.25, -0.2) is 0 Å². The maximum atomic E-state index is 13.1. The van der Waals surface area contributed by atoms with Crippen molar-refractivity contribution in [2.24, 2.45) is 11.7 Å². The van der Waals surface area contributed by atoms with Gasteiger partial charge in [0.25, 0.3) is 0 Å². The molecule has 9 N–H and O–H groups in total. The largest absolute Gasteiger partial charge is 0.382 e. The minimum Gasteiger partial charge on any atom is -0.382 e. The average molecular weight is 784 g/mol. The van der Waals surface area contributed by atoms with Gasteiger partial charge in [-0.05, 0) is 32.4 Å². The molecule has 54 heavy (non-hydrogen) atoms. The summed E-state index contributed by atoms with van der Waals surface area (Å²) in [7, 11) is 4.65. The van der Waals surface area contributed by atoms with E-state index in [1.165, 1.54) is 7.05 Å². The number of carbonyl (C=O) groups is 4. The van der Waals surface area contributed by atoms with Gasteiger partial charge in [0.05, 0.1) is 99.1 Å². The SMILES string of the molecule is CNC(=O)[C@H](CCCNC(N)O)NC(=O)[C@@H](NC(=O)[C@H](CNC(=O)CCOCCOCCOCCOCCOCCOCCOCCOC)NC)C(C)C. The molecule has 20 nitrogen and oxygen atoms in total. The van der Waals surface area contributed by atoms with Crippen LogP contribution in [-0.4, -0.2) is 187 Å². The van der Waals surface area contributed by atoms with E-state index in [2.05, 4.69) is 31.9 Å². The molecule has 0 aliphatic carbocycles. The first-order chi connectivity index (χ1) is 26.1. The minimum atomic E-state index is -1.18. The number of aliphatic hydroxyl groups excluding tert-OH is 1. The molecule has 0 saturated heterocycles. The second-order valence-corrected chi connectivity index (χ2v) is 12.1. The highest BCUT2D eigenvalue weighted by Gasteiger charge is 2.30. The molecule has 0 aliphatic rings. The van der Waals surface area contributed by atoms with E-state index in [1.807, 2.05) is 0 Å². The van der Waals surface area contributed by atoms with Gasteiger partial charge < -0.3 is 69.6 Å². The Hall–Kier alpha value is -2.60. The molecule has 4 amide bonds. The molecule has 0 aliphatic heterocycles. The molecule has 0 bridgehead atoms. The van der Waals surface area contributed by atoms with Crippen LogP contribution in [0.4, 0.5) is 0 Å². The van der Waals surface area contributed by atoms with Gasteiger partial charge in [-0.3, -0.25) is 30.2 Å².